The van der Waals surface area contributed by atoms with Crippen LogP contribution in [0.25, 0.3) is 0 Å². The van der Waals surface area contributed by atoms with Gasteiger partial charge >= 0.3 is 5.97 Å². The number of carbonyl (C=O) groups excluding carboxylic acids is 1. The average molecular weight is 329 g/mol. The molecule has 8 nitrogen and oxygen atoms in total. The van der Waals surface area contributed by atoms with E-state index in [9.17, 15) is 14.7 Å². The predicted molar refractivity (Wildman–Crippen MR) is 84.4 cm³/mol. The summed E-state index contributed by atoms with van der Waals surface area (Å²) in [5.74, 6) is -0.374. The Morgan fingerprint density at radius 2 is 1.92 bits per heavy atom. The molecule has 0 aliphatic carbocycles. The Morgan fingerprint density at radius 3 is 2.42 bits per heavy atom. The van der Waals surface area contributed by atoms with Crippen molar-refractivity contribution in [1.29, 1.82) is 0 Å². The number of hydrogen-bond donors (Lipinski definition) is 1. The SMILES string of the molecule is CCc1ncc(C(=O)N2CCC(C(=O)O)(n3ccnc3)CC2)cn1. The molecule has 0 saturated carbocycles. The van der Waals surface area contributed by atoms with Gasteiger partial charge in [-0.15, -0.1) is 0 Å². The van der Waals surface area contributed by atoms with E-state index >= 15 is 0 Å². The van der Waals surface area contributed by atoms with Gasteiger partial charge in [0.25, 0.3) is 5.91 Å². The van der Waals surface area contributed by atoms with Crippen LogP contribution in [0.3, 0.4) is 0 Å². The molecule has 1 N–H and O–H groups in total. The molecule has 1 amide bonds. The molecule has 3 heterocycles. The first-order valence-electron chi connectivity index (χ1n) is 7.89. The number of carbonyl (C=O) groups is 2. The van der Waals surface area contributed by atoms with Crippen LogP contribution in [0.1, 0.15) is 35.9 Å². The number of carboxylic acids is 1. The summed E-state index contributed by atoms with van der Waals surface area (Å²) in [5.41, 5.74) is -0.617. The van der Waals surface area contributed by atoms with Crippen LogP contribution in [0.4, 0.5) is 0 Å². The Hall–Kier alpha value is -2.77. The lowest BCUT2D eigenvalue weighted by molar-refractivity contribution is -0.150. The zero-order chi connectivity index (χ0) is 17.2. The molecule has 1 aliphatic heterocycles. The first-order valence-corrected chi connectivity index (χ1v) is 7.89. The van der Waals surface area contributed by atoms with Crippen LogP contribution < -0.4 is 0 Å². The Morgan fingerprint density at radius 1 is 1.25 bits per heavy atom. The van der Waals surface area contributed by atoms with Crippen molar-refractivity contribution in [3.8, 4) is 0 Å². The molecule has 1 saturated heterocycles. The van der Waals surface area contributed by atoms with Gasteiger partial charge in [0.05, 0.1) is 11.9 Å². The van der Waals surface area contributed by atoms with Crippen LogP contribution in [0, 0.1) is 0 Å². The molecule has 1 fully saturated rings. The molecule has 0 aromatic carbocycles. The van der Waals surface area contributed by atoms with Crippen LogP contribution in [-0.2, 0) is 16.8 Å². The van der Waals surface area contributed by atoms with Gasteiger partial charge in [0.2, 0.25) is 0 Å². The number of hydrogen-bond acceptors (Lipinski definition) is 5. The van der Waals surface area contributed by atoms with Crippen molar-refractivity contribution in [2.45, 2.75) is 31.7 Å². The molecule has 126 valence electrons. The summed E-state index contributed by atoms with van der Waals surface area (Å²) in [6.07, 6.45) is 9.17. The monoisotopic (exact) mass is 329 g/mol. The normalized spacial score (nSPS) is 16.8. The van der Waals surface area contributed by atoms with E-state index in [1.54, 1.807) is 21.9 Å². The van der Waals surface area contributed by atoms with Gasteiger partial charge < -0.3 is 14.6 Å². The van der Waals surface area contributed by atoms with E-state index in [1.165, 1.54) is 18.7 Å². The summed E-state index contributed by atoms with van der Waals surface area (Å²) in [6.45, 7) is 2.67. The minimum Gasteiger partial charge on any atom is -0.479 e. The maximum Gasteiger partial charge on any atom is 0.330 e. The number of aromatic nitrogens is 4. The van der Waals surface area contributed by atoms with Gasteiger partial charge in [-0.05, 0) is 12.8 Å². The number of rotatable bonds is 4. The highest BCUT2D eigenvalue weighted by atomic mass is 16.4. The summed E-state index contributed by atoms with van der Waals surface area (Å²) in [6, 6.07) is 0. The van der Waals surface area contributed by atoms with Crippen molar-refractivity contribution in [2.75, 3.05) is 13.1 Å². The van der Waals surface area contributed by atoms with Crippen molar-refractivity contribution < 1.29 is 14.7 Å². The summed E-state index contributed by atoms with van der Waals surface area (Å²) < 4.78 is 1.62. The second-order valence-corrected chi connectivity index (χ2v) is 5.84. The van der Waals surface area contributed by atoms with Crippen LogP contribution in [-0.4, -0.2) is 54.5 Å². The van der Waals surface area contributed by atoms with Crippen molar-refractivity contribution in [2.24, 2.45) is 0 Å². The largest absolute Gasteiger partial charge is 0.479 e. The van der Waals surface area contributed by atoms with Crippen LogP contribution in [0.2, 0.25) is 0 Å². The van der Waals surface area contributed by atoms with E-state index in [-0.39, 0.29) is 5.91 Å². The molecular weight excluding hydrogens is 310 g/mol. The van der Waals surface area contributed by atoms with Gasteiger partial charge in [0.15, 0.2) is 0 Å². The van der Waals surface area contributed by atoms with Gasteiger partial charge in [-0.3, -0.25) is 4.79 Å². The van der Waals surface area contributed by atoms with Gasteiger partial charge in [-0.25, -0.2) is 19.7 Å². The van der Waals surface area contributed by atoms with E-state index in [2.05, 4.69) is 15.0 Å². The molecular formula is C16H19N5O3. The van der Waals surface area contributed by atoms with Gasteiger partial charge in [0.1, 0.15) is 11.4 Å². The van der Waals surface area contributed by atoms with Gasteiger partial charge in [-0.1, -0.05) is 6.92 Å². The molecule has 0 radical (unpaired) electrons. The Labute approximate surface area is 139 Å². The third-order valence-electron chi connectivity index (χ3n) is 4.54. The molecule has 2 aromatic heterocycles. The lowest BCUT2D eigenvalue weighted by atomic mass is 9.87. The fourth-order valence-electron chi connectivity index (χ4n) is 3.00. The highest BCUT2D eigenvalue weighted by Crippen LogP contribution is 2.31. The fourth-order valence-corrected chi connectivity index (χ4v) is 3.00. The maximum atomic E-state index is 12.5. The molecule has 1 aliphatic rings. The Balaban J connectivity index is 1.73. The van der Waals surface area contributed by atoms with Crippen LogP contribution in [0.15, 0.2) is 31.1 Å². The Kier molecular flexibility index (Phi) is 4.28. The Bertz CT molecular complexity index is 719. The molecule has 0 atom stereocenters. The van der Waals surface area contributed by atoms with E-state index < -0.39 is 11.5 Å². The zero-order valence-corrected chi connectivity index (χ0v) is 13.4. The third-order valence-corrected chi connectivity index (χ3v) is 4.54. The summed E-state index contributed by atoms with van der Waals surface area (Å²) in [5, 5.41) is 9.69. The highest BCUT2D eigenvalue weighted by Gasteiger charge is 2.44. The maximum absolute atomic E-state index is 12.5. The van der Waals surface area contributed by atoms with Gasteiger partial charge in [0, 0.05) is 44.3 Å². The smallest absolute Gasteiger partial charge is 0.330 e. The average Bonchev–Trinajstić information content (AvgIpc) is 3.16. The second-order valence-electron chi connectivity index (χ2n) is 5.84. The van der Waals surface area contributed by atoms with E-state index in [0.717, 1.165) is 0 Å². The first-order chi connectivity index (χ1) is 11.6. The van der Waals surface area contributed by atoms with E-state index in [1.807, 2.05) is 6.92 Å². The molecule has 0 bridgehead atoms. The van der Waals surface area contributed by atoms with Crippen LogP contribution in [0.5, 0.6) is 0 Å². The molecule has 0 unspecified atom stereocenters. The minimum atomic E-state index is -1.05. The van der Waals surface area contributed by atoms with Crippen molar-refractivity contribution in [1.82, 2.24) is 24.4 Å². The number of aryl methyl sites for hydroxylation is 1. The zero-order valence-electron chi connectivity index (χ0n) is 13.4. The minimum absolute atomic E-state index is 0.165. The fraction of sp³-hybridized carbons (Fsp3) is 0.438. The number of nitrogens with zero attached hydrogens (tertiary/aromatic N) is 5. The first kappa shape index (κ1) is 16.1. The lowest BCUT2D eigenvalue weighted by Gasteiger charge is -2.39. The molecule has 24 heavy (non-hydrogen) atoms. The van der Waals surface area contributed by atoms with Crippen molar-refractivity contribution >= 4 is 11.9 Å². The van der Waals surface area contributed by atoms with Crippen molar-refractivity contribution in [3.05, 3.63) is 42.5 Å². The molecule has 8 heteroatoms. The standard InChI is InChI=1S/C16H19N5O3/c1-2-13-18-9-12(10-19-13)14(22)20-6-3-16(4-7-20,15(23)24)21-8-5-17-11-21/h5,8-11H,2-4,6-7H2,1H3,(H,23,24). The number of aliphatic carboxylic acids is 1. The number of imidazole rings is 1. The number of piperidine rings is 1. The topological polar surface area (TPSA) is 101 Å². The quantitative estimate of drug-likeness (QED) is 0.896. The number of carboxylic acid groups (broad SMARTS) is 1. The summed E-state index contributed by atoms with van der Waals surface area (Å²) in [7, 11) is 0. The third kappa shape index (κ3) is 2.75. The van der Waals surface area contributed by atoms with Crippen molar-refractivity contribution in [3.63, 3.8) is 0 Å². The van der Waals surface area contributed by atoms with Gasteiger partial charge in [-0.2, -0.15) is 0 Å². The number of amides is 1. The molecule has 0 spiro atoms. The van der Waals surface area contributed by atoms with E-state index in [4.69, 9.17) is 0 Å². The summed E-state index contributed by atoms with van der Waals surface area (Å²) >= 11 is 0. The molecule has 2 aromatic rings. The number of likely N-dealkylation sites (tertiary alicyclic amines) is 1. The summed E-state index contributed by atoms with van der Waals surface area (Å²) in [4.78, 5) is 38.3. The lowest BCUT2D eigenvalue weighted by Crippen LogP contribution is -2.52. The predicted octanol–water partition coefficient (Wildman–Crippen LogP) is 0.952. The second kappa shape index (κ2) is 6.38. The molecule has 3 rings (SSSR count). The van der Waals surface area contributed by atoms with Crippen LogP contribution >= 0.6 is 0 Å². The highest BCUT2D eigenvalue weighted by molar-refractivity contribution is 5.93. The van der Waals surface area contributed by atoms with E-state index in [0.29, 0.717) is 43.7 Å².